The standard InChI is InChI=1S/C11H11NO3/c1-4-11(2,3)15-8-5-6-12-9(7-8)10(13)14/h1,5-7H,2-3H3,(H,13,14). The van der Waals surface area contributed by atoms with Crippen molar-refractivity contribution >= 4 is 5.97 Å². The molecule has 0 aliphatic carbocycles. The Morgan fingerprint density at radius 2 is 2.33 bits per heavy atom. The van der Waals surface area contributed by atoms with Gasteiger partial charge in [-0.15, -0.1) is 6.42 Å². The molecule has 0 aromatic carbocycles. The molecule has 1 aromatic heterocycles. The zero-order chi connectivity index (χ0) is 11.5. The maximum absolute atomic E-state index is 10.6. The lowest BCUT2D eigenvalue weighted by atomic mass is 10.1. The Morgan fingerprint density at radius 1 is 1.67 bits per heavy atom. The van der Waals surface area contributed by atoms with Crippen molar-refractivity contribution in [3.05, 3.63) is 24.0 Å². The molecule has 0 fully saturated rings. The third kappa shape index (κ3) is 2.99. The van der Waals surface area contributed by atoms with E-state index in [2.05, 4.69) is 10.9 Å². The minimum Gasteiger partial charge on any atom is -0.477 e. The number of aromatic nitrogens is 1. The monoisotopic (exact) mass is 205 g/mol. The van der Waals surface area contributed by atoms with Gasteiger partial charge in [-0.25, -0.2) is 9.78 Å². The van der Waals surface area contributed by atoms with Gasteiger partial charge in [-0.3, -0.25) is 0 Å². The molecule has 0 saturated carbocycles. The van der Waals surface area contributed by atoms with Gasteiger partial charge in [-0.2, -0.15) is 0 Å². The average Bonchev–Trinajstić information content (AvgIpc) is 2.17. The largest absolute Gasteiger partial charge is 0.477 e. The first-order chi connectivity index (χ1) is 6.94. The molecule has 4 heteroatoms. The van der Waals surface area contributed by atoms with Crippen LogP contribution in [0.1, 0.15) is 24.3 Å². The number of carboxylic acid groups (broad SMARTS) is 1. The summed E-state index contributed by atoms with van der Waals surface area (Å²) in [5.41, 5.74) is -0.836. The van der Waals surface area contributed by atoms with Crippen molar-refractivity contribution in [2.24, 2.45) is 0 Å². The smallest absolute Gasteiger partial charge is 0.354 e. The highest BCUT2D eigenvalue weighted by Gasteiger charge is 2.16. The first kappa shape index (κ1) is 11.1. The van der Waals surface area contributed by atoms with Gasteiger partial charge in [0, 0.05) is 12.3 Å². The number of hydrogen-bond acceptors (Lipinski definition) is 3. The molecule has 0 bridgehead atoms. The fourth-order valence-corrected chi connectivity index (χ4v) is 0.916. The van der Waals surface area contributed by atoms with E-state index in [-0.39, 0.29) is 5.69 Å². The van der Waals surface area contributed by atoms with Crippen molar-refractivity contribution in [2.45, 2.75) is 19.4 Å². The lowest BCUT2D eigenvalue weighted by Crippen LogP contribution is -2.25. The third-order valence-electron chi connectivity index (χ3n) is 1.67. The SMILES string of the molecule is C#CC(C)(C)Oc1ccnc(C(=O)O)c1. The summed E-state index contributed by atoms with van der Waals surface area (Å²) in [6.45, 7) is 3.43. The Balaban J connectivity index is 2.93. The maximum atomic E-state index is 10.6. The van der Waals surface area contributed by atoms with Crippen LogP contribution in [-0.4, -0.2) is 21.7 Å². The van der Waals surface area contributed by atoms with Gasteiger partial charge in [-0.1, -0.05) is 5.92 Å². The number of terminal acetylenes is 1. The number of hydrogen-bond donors (Lipinski definition) is 1. The number of ether oxygens (including phenoxy) is 1. The normalized spacial score (nSPS) is 10.5. The highest BCUT2D eigenvalue weighted by atomic mass is 16.5. The Bertz CT molecular complexity index is 418. The van der Waals surface area contributed by atoms with Crippen LogP contribution in [0.2, 0.25) is 0 Å². The molecule has 0 spiro atoms. The van der Waals surface area contributed by atoms with Crippen molar-refractivity contribution in [3.8, 4) is 18.1 Å². The molecule has 78 valence electrons. The van der Waals surface area contributed by atoms with E-state index in [1.54, 1.807) is 19.9 Å². The van der Waals surface area contributed by atoms with E-state index in [0.29, 0.717) is 5.75 Å². The summed E-state index contributed by atoms with van der Waals surface area (Å²) in [5, 5.41) is 8.71. The minimum absolute atomic E-state index is 0.0691. The van der Waals surface area contributed by atoms with Gasteiger partial charge in [0.05, 0.1) is 0 Å². The van der Waals surface area contributed by atoms with Crippen molar-refractivity contribution in [3.63, 3.8) is 0 Å². The zero-order valence-corrected chi connectivity index (χ0v) is 8.52. The van der Waals surface area contributed by atoms with Crippen LogP contribution in [0.25, 0.3) is 0 Å². The molecule has 1 rings (SSSR count). The van der Waals surface area contributed by atoms with Gasteiger partial charge in [0.25, 0.3) is 0 Å². The van der Waals surface area contributed by atoms with Crippen LogP contribution >= 0.6 is 0 Å². The summed E-state index contributed by atoms with van der Waals surface area (Å²) in [6.07, 6.45) is 6.61. The number of carboxylic acids is 1. The maximum Gasteiger partial charge on any atom is 0.354 e. The second-order valence-corrected chi connectivity index (χ2v) is 3.44. The molecule has 0 aliphatic heterocycles. The van der Waals surface area contributed by atoms with Gasteiger partial charge >= 0.3 is 5.97 Å². The number of nitrogens with zero attached hydrogens (tertiary/aromatic N) is 1. The van der Waals surface area contributed by atoms with Crippen LogP contribution in [0, 0.1) is 12.3 Å². The second kappa shape index (κ2) is 4.01. The van der Waals surface area contributed by atoms with Crippen LogP contribution in [0.15, 0.2) is 18.3 Å². The second-order valence-electron chi connectivity index (χ2n) is 3.44. The fraction of sp³-hybridized carbons (Fsp3) is 0.273. The highest BCUT2D eigenvalue weighted by Crippen LogP contribution is 2.17. The minimum atomic E-state index is -1.10. The Kier molecular flexibility index (Phi) is 2.96. The van der Waals surface area contributed by atoms with Crippen LogP contribution in [-0.2, 0) is 0 Å². The van der Waals surface area contributed by atoms with Gasteiger partial charge in [-0.05, 0) is 19.9 Å². The molecule has 0 saturated heterocycles. The van der Waals surface area contributed by atoms with Gasteiger partial charge in [0.15, 0.2) is 11.3 Å². The van der Waals surface area contributed by atoms with E-state index in [1.165, 1.54) is 12.3 Å². The van der Waals surface area contributed by atoms with Crippen LogP contribution in [0.5, 0.6) is 5.75 Å². The van der Waals surface area contributed by atoms with Crippen molar-refractivity contribution < 1.29 is 14.6 Å². The van der Waals surface area contributed by atoms with E-state index >= 15 is 0 Å². The van der Waals surface area contributed by atoms with E-state index < -0.39 is 11.6 Å². The molecule has 4 nitrogen and oxygen atoms in total. The summed E-state index contributed by atoms with van der Waals surface area (Å²) in [6, 6.07) is 2.90. The summed E-state index contributed by atoms with van der Waals surface area (Å²) in [7, 11) is 0. The lowest BCUT2D eigenvalue weighted by molar-refractivity contribution is 0.0689. The first-order valence-corrected chi connectivity index (χ1v) is 4.31. The number of aromatic carboxylic acids is 1. The Morgan fingerprint density at radius 3 is 2.87 bits per heavy atom. The summed E-state index contributed by atoms with van der Waals surface area (Å²) in [5.74, 6) is 1.74. The molecule has 0 aliphatic rings. The van der Waals surface area contributed by atoms with Crippen LogP contribution < -0.4 is 4.74 Å². The van der Waals surface area contributed by atoms with Crippen molar-refractivity contribution in [1.29, 1.82) is 0 Å². The number of rotatable bonds is 3. The molecular formula is C11H11NO3. The third-order valence-corrected chi connectivity index (χ3v) is 1.67. The molecule has 1 N–H and O–H groups in total. The van der Waals surface area contributed by atoms with E-state index in [9.17, 15) is 4.79 Å². The molecule has 0 atom stereocenters. The van der Waals surface area contributed by atoms with E-state index in [0.717, 1.165) is 0 Å². The van der Waals surface area contributed by atoms with Crippen molar-refractivity contribution in [1.82, 2.24) is 4.98 Å². The van der Waals surface area contributed by atoms with Gasteiger partial charge in [0.2, 0.25) is 0 Å². The first-order valence-electron chi connectivity index (χ1n) is 4.31. The lowest BCUT2D eigenvalue weighted by Gasteiger charge is -2.19. The number of carbonyl (C=O) groups is 1. The van der Waals surface area contributed by atoms with Crippen molar-refractivity contribution in [2.75, 3.05) is 0 Å². The van der Waals surface area contributed by atoms with Gasteiger partial charge < -0.3 is 9.84 Å². The predicted octanol–water partition coefficient (Wildman–Crippen LogP) is 1.57. The topological polar surface area (TPSA) is 59.4 Å². The molecule has 15 heavy (non-hydrogen) atoms. The summed E-state index contributed by atoms with van der Waals surface area (Å²) in [4.78, 5) is 14.3. The molecular weight excluding hydrogens is 194 g/mol. The van der Waals surface area contributed by atoms with Crippen LogP contribution in [0.4, 0.5) is 0 Å². The quantitative estimate of drug-likeness (QED) is 0.761. The zero-order valence-electron chi connectivity index (χ0n) is 8.52. The van der Waals surface area contributed by atoms with Crippen LogP contribution in [0.3, 0.4) is 0 Å². The fourth-order valence-electron chi connectivity index (χ4n) is 0.916. The van der Waals surface area contributed by atoms with E-state index in [1.807, 2.05) is 0 Å². The van der Waals surface area contributed by atoms with E-state index in [4.69, 9.17) is 16.3 Å². The molecule has 1 heterocycles. The molecule has 0 unspecified atom stereocenters. The average molecular weight is 205 g/mol. The Labute approximate surface area is 87.9 Å². The molecule has 0 amide bonds. The summed E-state index contributed by atoms with van der Waals surface area (Å²) >= 11 is 0. The Hall–Kier alpha value is -2.02. The predicted molar refractivity (Wildman–Crippen MR) is 54.7 cm³/mol. The molecule has 1 aromatic rings. The van der Waals surface area contributed by atoms with Gasteiger partial charge in [0.1, 0.15) is 5.75 Å². The highest BCUT2D eigenvalue weighted by molar-refractivity contribution is 5.85. The summed E-state index contributed by atoms with van der Waals surface area (Å²) < 4.78 is 5.40. The number of pyridine rings is 1. The molecule has 0 radical (unpaired) electrons.